The Balaban J connectivity index is 1.43. The number of hydrogen-bond acceptors (Lipinski definition) is 5. The van der Waals surface area contributed by atoms with Crippen LogP contribution in [0, 0.1) is 5.82 Å². The molecule has 0 unspecified atom stereocenters. The zero-order valence-electron chi connectivity index (χ0n) is 13.3. The molecule has 7 nitrogen and oxygen atoms in total. The molecule has 0 atom stereocenters. The van der Waals surface area contributed by atoms with Gasteiger partial charge < -0.3 is 15.1 Å². The van der Waals surface area contributed by atoms with Gasteiger partial charge in [0.2, 0.25) is 0 Å². The summed E-state index contributed by atoms with van der Waals surface area (Å²) in [5.74, 6) is 1.20. The highest BCUT2D eigenvalue weighted by molar-refractivity contribution is 5.95. The third-order valence-electron chi connectivity index (χ3n) is 4.58. The molecular formula is C16H19FN6O. The van der Waals surface area contributed by atoms with Gasteiger partial charge >= 0.3 is 0 Å². The minimum Gasteiger partial charge on any atom is -0.368 e. The van der Waals surface area contributed by atoms with Crippen molar-refractivity contribution in [2.75, 3.05) is 42.9 Å². The van der Waals surface area contributed by atoms with Crippen LogP contribution in [0.2, 0.25) is 0 Å². The lowest BCUT2D eigenvalue weighted by Crippen LogP contribution is -2.49. The fourth-order valence-electron chi connectivity index (χ4n) is 3.26. The van der Waals surface area contributed by atoms with E-state index in [-0.39, 0.29) is 11.7 Å². The van der Waals surface area contributed by atoms with Crippen molar-refractivity contribution in [3.05, 3.63) is 35.4 Å². The fourth-order valence-corrected chi connectivity index (χ4v) is 3.26. The first-order valence-electron chi connectivity index (χ1n) is 8.19. The highest BCUT2D eigenvalue weighted by Crippen LogP contribution is 2.24. The van der Waals surface area contributed by atoms with Gasteiger partial charge in [0.05, 0.1) is 6.20 Å². The van der Waals surface area contributed by atoms with Crippen LogP contribution in [0.1, 0.15) is 22.5 Å². The van der Waals surface area contributed by atoms with E-state index >= 15 is 0 Å². The van der Waals surface area contributed by atoms with Crippen LogP contribution in [0.25, 0.3) is 0 Å². The standard InChI is InChI=1S/C16H19FN6O/c17-11-3-4-13(19-10-11)22-6-8-23(9-7-22)16(24)14-12-2-1-5-18-15(12)21-20-14/h3-4,10H,1-2,5-9H2,(H2,18,20,21). The predicted molar refractivity (Wildman–Crippen MR) is 87.7 cm³/mol. The van der Waals surface area contributed by atoms with E-state index in [9.17, 15) is 9.18 Å². The third kappa shape index (κ3) is 2.68. The van der Waals surface area contributed by atoms with Crippen LogP contribution < -0.4 is 10.2 Å². The molecule has 0 aromatic carbocycles. The predicted octanol–water partition coefficient (Wildman–Crippen LogP) is 1.26. The van der Waals surface area contributed by atoms with Crippen LogP contribution in [0.4, 0.5) is 16.0 Å². The van der Waals surface area contributed by atoms with E-state index < -0.39 is 0 Å². The molecule has 24 heavy (non-hydrogen) atoms. The van der Waals surface area contributed by atoms with Crippen LogP contribution >= 0.6 is 0 Å². The number of rotatable bonds is 2. The number of fused-ring (bicyclic) bond motifs is 1. The maximum atomic E-state index is 13.0. The Kier molecular flexibility index (Phi) is 3.79. The van der Waals surface area contributed by atoms with Crippen molar-refractivity contribution in [1.29, 1.82) is 0 Å². The van der Waals surface area contributed by atoms with Crippen molar-refractivity contribution in [2.45, 2.75) is 12.8 Å². The first kappa shape index (κ1) is 14.9. The number of H-pyrrole nitrogens is 1. The number of carbonyl (C=O) groups is 1. The summed E-state index contributed by atoms with van der Waals surface area (Å²) in [6, 6.07) is 3.08. The lowest BCUT2D eigenvalue weighted by atomic mass is 10.1. The van der Waals surface area contributed by atoms with E-state index in [4.69, 9.17) is 0 Å². The summed E-state index contributed by atoms with van der Waals surface area (Å²) < 4.78 is 13.0. The molecule has 1 saturated heterocycles. The highest BCUT2D eigenvalue weighted by atomic mass is 19.1. The number of piperazine rings is 1. The summed E-state index contributed by atoms with van der Waals surface area (Å²) in [5, 5.41) is 10.3. The third-order valence-corrected chi connectivity index (χ3v) is 4.58. The molecule has 0 spiro atoms. The van der Waals surface area contributed by atoms with Gasteiger partial charge in [-0.05, 0) is 25.0 Å². The number of nitrogens with zero attached hydrogens (tertiary/aromatic N) is 4. The van der Waals surface area contributed by atoms with Gasteiger partial charge in [-0.2, -0.15) is 5.10 Å². The molecular weight excluding hydrogens is 311 g/mol. The molecule has 0 bridgehead atoms. The molecule has 2 aromatic rings. The zero-order valence-corrected chi connectivity index (χ0v) is 13.3. The molecule has 2 N–H and O–H groups in total. The highest BCUT2D eigenvalue weighted by Gasteiger charge is 2.28. The zero-order chi connectivity index (χ0) is 16.5. The monoisotopic (exact) mass is 330 g/mol. The summed E-state index contributed by atoms with van der Waals surface area (Å²) in [6.45, 7) is 3.48. The molecule has 0 aliphatic carbocycles. The van der Waals surface area contributed by atoms with Gasteiger partial charge in [0.25, 0.3) is 5.91 Å². The van der Waals surface area contributed by atoms with Crippen LogP contribution in [0.5, 0.6) is 0 Å². The van der Waals surface area contributed by atoms with Crippen LogP contribution in [0.3, 0.4) is 0 Å². The Morgan fingerprint density at radius 1 is 1.21 bits per heavy atom. The van der Waals surface area contributed by atoms with Crippen LogP contribution in [0.15, 0.2) is 18.3 Å². The first-order chi connectivity index (χ1) is 11.7. The Labute approximate surface area is 138 Å². The second kappa shape index (κ2) is 6.10. The van der Waals surface area contributed by atoms with Crippen molar-refractivity contribution in [2.24, 2.45) is 0 Å². The molecule has 8 heteroatoms. The molecule has 1 fully saturated rings. The van der Waals surface area contributed by atoms with E-state index in [1.807, 2.05) is 4.90 Å². The van der Waals surface area contributed by atoms with Gasteiger partial charge in [-0.3, -0.25) is 9.89 Å². The lowest BCUT2D eigenvalue weighted by Gasteiger charge is -2.35. The molecule has 2 aliphatic heterocycles. The van der Waals surface area contributed by atoms with E-state index in [1.165, 1.54) is 12.3 Å². The van der Waals surface area contributed by atoms with E-state index in [2.05, 4.69) is 25.4 Å². The Bertz CT molecular complexity index is 736. The van der Waals surface area contributed by atoms with Crippen LogP contribution in [-0.4, -0.2) is 58.7 Å². The lowest BCUT2D eigenvalue weighted by molar-refractivity contribution is 0.0739. The van der Waals surface area contributed by atoms with Gasteiger partial charge in [0.1, 0.15) is 17.3 Å². The normalized spacial score (nSPS) is 17.4. The Morgan fingerprint density at radius 2 is 2.04 bits per heavy atom. The number of halogens is 1. The Hall–Kier alpha value is -2.64. The summed E-state index contributed by atoms with van der Waals surface area (Å²) in [5.41, 5.74) is 1.60. The largest absolute Gasteiger partial charge is 0.368 e. The number of amides is 1. The summed E-state index contributed by atoms with van der Waals surface area (Å²) >= 11 is 0. The molecule has 126 valence electrons. The molecule has 4 heterocycles. The maximum absolute atomic E-state index is 13.0. The second-order valence-electron chi connectivity index (χ2n) is 6.07. The smallest absolute Gasteiger partial charge is 0.272 e. The second-order valence-corrected chi connectivity index (χ2v) is 6.07. The molecule has 2 aromatic heterocycles. The van der Waals surface area contributed by atoms with Crippen molar-refractivity contribution < 1.29 is 9.18 Å². The average Bonchev–Trinajstić information content (AvgIpc) is 3.06. The topological polar surface area (TPSA) is 77.2 Å². The average molecular weight is 330 g/mol. The van der Waals surface area contributed by atoms with Crippen molar-refractivity contribution in [1.82, 2.24) is 20.1 Å². The number of anilines is 2. The first-order valence-corrected chi connectivity index (χ1v) is 8.19. The summed E-state index contributed by atoms with van der Waals surface area (Å²) in [6.07, 6.45) is 3.10. The van der Waals surface area contributed by atoms with Gasteiger partial charge in [-0.15, -0.1) is 0 Å². The van der Waals surface area contributed by atoms with Crippen molar-refractivity contribution in [3.8, 4) is 0 Å². The molecule has 0 radical (unpaired) electrons. The molecule has 2 aliphatic rings. The molecule has 1 amide bonds. The quantitative estimate of drug-likeness (QED) is 0.867. The minimum absolute atomic E-state index is 0.000773. The molecule has 0 saturated carbocycles. The van der Waals surface area contributed by atoms with E-state index in [1.54, 1.807) is 6.07 Å². The fraction of sp³-hybridized carbons (Fsp3) is 0.438. The number of aromatic amines is 1. The molecule has 4 rings (SSSR count). The Morgan fingerprint density at radius 3 is 2.79 bits per heavy atom. The SMILES string of the molecule is O=C(c1[nH]nc2c1CCCN2)N1CCN(c2ccc(F)cn2)CC1. The van der Waals surface area contributed by atoms with E-state index in [0.717, 1.165) is 36.6 Å². The van der Waals surface area contributed by atoms with E-state index in [0.29, 0.717) is 31.9 Å². The number of aromatic nitrogens is 3. The number of pyridine rings is 1. The number of hydrogen-bond donors (Lipinski definition) is 2. The van der Waals surface area contributed by atoms with Crippen molar-refractivity contribution >= 4 is 17.5 Å². The van der Waals surface area contributed by atoms with Crippen molar-refractivity contribution in [3.63, 3.8) is 0 Å². The van der Waals surface area contributed by atoms with Gasteiger partial charge in [0.15, 0.2) is 5.82 Å². The summed E-state index contributed by atoms with van der Waals surface area (Å²) in [7, 11) is 0. The summed E-state index contributed by atoms with van der Waals surface area (Å²) in [4.78, 5) is 20.8. The van der Waals surface area contributed by atoms with Gasteiger partial charge in [-0.1, -0.05) is 0 Å². The number of nitrogens with one attached hydrogen (secondary N) is 2. The van der Waals surface area contributed by atoms with Crippen LogP contribution in [-0.2, 0) is 6.42 Å². The maximum Gasteiger partial charge on any atom is 0.272 e. The minimum atomic E-state index is -0.342. The number of carbonyl (C=O) groups excluding carboxylic acids is 1. The van der Waals surface area contributed by atoms with Gasteiger partial charge in [-0.25, -0.2) is 9.37 Å². The van der Waals surface area contributed by atoms with Gasteiger partial charge in [0, 0.05) is 38.3 Å².